The molecule has 0 saturated carbocycles. The third-order valence-electron chi connectivity index (χ3n) is 6.47. The molecule has 4 nitrogen and oxygen atoms in total. The SMILES string of the molecule is C=CC(C)CCC=CCC(C#N)CC(C)(CC)C(=O)Cl.CCN(CC)CC.OC/C=C/c1ccccc1. The van der Waals surface area contributed by atoms with Crippen LogP contribution in [0, 0.1) is 28.6 Å². The van der Waals surface area contributed by atoms with Gasteiger partial charge in [0.1, 0.15) is 0 Å². The van der Waals surface area contributed by atoms with Crippen molar-refractivity contribution in [3.8, 4) is 6.07 Å². The Morgan fingerprint density at radius 2 is 1.73 bits per heavy atom. The van der Waals surface area contributed by atoms with Gasteiger partial charge in [0.25, 0.3) is 0 Å². The van der Waals surface area contributed by atoms with Gasteiger partial charge in [-0.2, -0.15) is 5.26 Å². The fourth-order valence-electron chi connectivity index (χ4n) is 3.37. The molecule has 1 aromatic carbocycles. The minimum absolute atomic E-state index is 0.106. The molecule has 0 saturated heterocycles. The summed E-state index contributed by atoms with van der Waals surface area (Å²) in [6, 6.07) is 12.2. The Morgan fingerprint density at radius 3 is 2.14 bits per heavy atom. The van der Waals surface area contributed by atoms with Crippen LogP contribution in [0.1, 0.15) is 79.2 Å². The number of allylic oxidation sites excluding steroid dienone is 3. The number of hydrogen-bond acceptors (Lipinski definition) is 4. The van der Waals surface area contributed by atoms with Gasteiger partial charge in [0.15, 0.2) is 0 Å². The van der Waals surface area contributed by atoms with Crippen LogP contribution in [0.25, 0.3) is 6.08 Å². The number of carbonyl (C=O) groups is 1. The van der Waals surface area contributed by atoms with E-state index in [9.17, 15) is 10.1 Å². The molecule has 3 atom stereocenters. The predicted octanol–water partition coefficient (Wildman–Crippen LogP) is 8.29. The molecule has 0 aliphatic carbocycles. The number of benzene rings is 1. The van der Waals surface area contributed by atoms with Crippen molar-refractivity contribution in [2.75, 3.05) is 26.2 Å². The lowest BCUT2D eigenvalue weighted by atomic mass is 9.79. The molecule has 0 heterocycles. The molecule has 37 heavy (non-hydrogen) atoms. The Kier molecular flexibility index (Phi) is 24.1. The summed E-state index contributed by atoms with van der Waals surface area (Å²) >= 11 is 5.65. The van der Waals surface area contributed by atoms with Crippen LogP contribution < -0.4 is 0 Å². The second-order valence-electron chi connectivity index (χ2n) is 9.33. The summed E-state index contributed by atoms with van der Waals surface area (Å²) in [6.07, 6.45) is 13.6. The van der Waals surface area contributed by atoms with Crippen LogP contribution >= 0.6 is 11.6 Å². The van der Waals surface area contributed by atoms with Crippen molar-refractivity contribution in [1.29, 1.82) is 5.26 Å². The van der Waals surface area contributed by atoms with Gasteiger partial charge in [0.2, 0.25) is 5.24 Å². The summed E-state index contributed by atoms with van der Waals surface area (Å²) in [5, 5.41) is 17.3. The first-order valence-corrected chi connectivity index (χ1v) is 14.0. The van der Waals surface area contributed by atoms with E-state index in [4.69, 9.17) is 16.7 Å². The van der Waals surface area contributed by atoms with E-state index in [1.54, 1.807) is 6.08 Å². The second kappa shape index (κ2) is 24.2. The fraction of sp³-hybridized carbons (Fsp3) is 0.562. The molecule has 1 rings (SSSR count). The number of hydrogen-bond donors (Lipinski definition) is 1. The number of nitriles is 1. The van der Waals surface area contributed by atoms with Gasteiger partial charge in [0.05, 0.1) is 18.6 Å². The third kappa shape index (κ3) is 19.6. The number of aliphatic hydroxyl groups excluding tert-OH is 1. The van der Waals surface area contributed by atoms with Crippen LogP contribution in [0.4, 0.5) is 0 Å². The Morgan fingerprint density at radius 1 is 1.14 bits per heavy atom. The monoisotopic (exact) mass is 530 g/mol. The lowest BCUT2D eigenvalue weighted by Crippen LogP contribution is -2.25. The average Bonchev–Trinajstić information content (AvgIpc) is 2.92. The molecular formula is C32H51ClN2O2. The minimum Gasteiger partial charge on any atom is -0.392 e. The van der Waals surface area contributed by atoms with Crippen LogP contribution in [0.2, 0.25) is 0 Å². The van der Waals surface area contributed by atoms with Crippen LogP contribution in [0.3, 0.4) is 0 Å². The van der Waals surface area contributed by atoms with Gasteiger partial charge in [0, 0.05) is 5.41 Å². The summed E-state index contributed by atoms with van der Waals surface area (Å²) in [5.41, 5.74) is 0.532. The number of nitrogens with zero attached hydrogens (tertiary/aromatic N) is 2. The van der Waals surface area contributed by atoms with Crippen molar-refractivity contribution in [1.82, 2.24) is 4.90 Å². The fourth-order valence-corrected chi connectivity index (χ4v) is 3.58. The molecule has 0 aliphatic heterocycles. The molecule has 0 bridgehead atoms. The van der Waals surface area contributed by atoms with Crippen LogP contribution in [0.15, 0.2) is 61.2 Å². The maximum Gasteiger partial charge on any atom is 0.227 e. The first-order valence-electron chi connectivity index (χ1n) is 13.6. The molecule has 5 heteroatoms. The smallest absolute Gasteiger partial charge is 0.227 e. The van der Waals surface area contributed by atoms with Crippen molar-refractivity contribution >= 4 is 22.9 Å². The van der Waals surface area contributed by atoms with Crippen molar-refractivity contribution in [2.24, 2.45) is 17.3 Å². The molecule has 1 N–H and O–H groups in total. The summed E-state index contributed by atoms with van der Waals surface area (Å²) < 4.78 is 0. The van der Waals surface area contributed by atoms with Gasteiger partial charge < -0.3 is 10.0 Å². The lowest BCUT2D eigenvalue weighted by molar-refractivity contribution is -0.120. The van der Waals surface area contributed by atoms with E-state index < -0.39 is 5.41 Å². The van der Waals surface area contributed by atoms with Gasteiger partial charge in [-0.25, -0.2) is 0 Å². The van der Waals surface area contributed by atoms with E-state index in [2.05, 4.69) is 51.3 Å². The third-order valence-corrected chi connectivity index (χ3v) is 6.93. The van der Waals surface area contributed by atoms with E-state index in [1.165, 1.54) is 19.6 Å². The highest BCUT2D eigenvalue weighted by Gasteiger charge is 2.32. The molecule has 0 radical (unpaired) electrons. The van der Waals surface area contributed by atoms with Crippen LogP contribution in [-0.4, -0.2) is 41.5 Å². The van der Waals surface area contributed by atoms with E-state index in [1.807, 2.05) is 62.4 Å². The van der Waals surface area contributed by atoms with Gasteiger partial charge in [-0.05, 0) is 74.8 Å². The van der Waals surface area contributed by atoms with E-state index in [0.717, 1.165) is 18.4 Å². The topological polar surface area (TPSA) is 64.3 Å². The quantitative estimate of drug-likeness (QED) is 0.183. The van der Waals surface area contributed by atoms with Gasteiger partial charge in [-0.1, -0.05) is 102 Å². The second-order valence-corrected chi connectivity index (χ2v) is 9.67. The Hall–Kier alpha value is -2.19. The Balaban J connectivity index is 0. The number of rotatable bonds is 15. The molecule has 1 aromatic rings. The zero-order chi connectivity index (χ0) is 28.5. The summed E-state index contributed by atoms with van der Waals surface area (Å²) in [4.78, 5) is 13.8. The molecular weight excluding hydrogens is 480 g/mol. The number of halogens is 1. The van der Waals surface area contributed by atoms with Crippen LogP contribution in [-0.2, 0) is 4.79 Å². The van der Waals surface area contributed by atoms with Gasteiger partial charge in [-0.3, -0.25) is 4.79 Å². The first kappa shape index (κ1) is 37.0. The molecule has 0 aliphatic rings. The standard InChI is InChI=1S/C17H26ClNO.C9H10O.C6H15N/c1-5-14(3)10-8-7-9-11-15(13-19)12-17(4,6-2)16(18)20;10-8-4-7-9-5-2-1-3-6-9;1-4-7(5-2)6-3/h5,7,9,14-15H,1,6,8,10-12H2,2-4H3;1-7,10H,8H2;4-6H2,1-3H3/b;7-4+;. The highest BCUT2D eigenvalue weighted by molar-refractivity contribution is 6.64. The van der Waals surface area contributed by atoms with E-state index in [-0.39, 0.29) is 17.8 Å². The highest BCUT2D eigenvalue weighted by atomic mass is 35.5. The van der Waals surface area contributed by atoms with Gasteiger partial charge in [-0.15, -0.1) is 6.58 Å². The molecule has 3 unspecified atom stereocenters. The molecule has 0 fully saturated rings. The lowest BCUT2D eigenvalue weighted by Gasteiger charge is -2.25. The molecule has 0 aromatic heterocycles. The van der Waals surface area contributed by atoms with E-state index in [0.29, 0.717) is 25.2 Å². The van der Waals surface area contributed by atoms with Crippen LogP contribution in [0.5, 0.6) is 0 Å². The maximum absolute atomic E-state index is 11.5. The number of carbonyl (C=O) groups excluding carboxylic acids is 1. The van der Waals surface area contributed by atoms with Crippen molar-refractivity contribution < 1.29 is 9.90 Å². The summed E-state index contributed by atoms with van der Waals surface area (Å²) in [5.74, 6) is 0.361. The van der Waals surface area contributed by atoms with Crippen molar-refractivity contribution in [3.63, 3.8) is 0 Å². The first-order chi connectivity index (χ1) is 17.7. The zero-order valence-corrected chi connectivity index (χ0v) is 24.9. The van der Waals surface area contributed by atoms with Crippen molar-refractivity contribution in [2.45, 2.75) is 73.6 Å². The molecule has 208 valence electrons. The van der Waals surface area contributed by atoms with E-state index >= 15 is 0 Å². The normalized spacial score (nSPS) is 14.1. The summed E-state index contributed by atoms with van der Waals surface area (Å²) in [6.45, 7) is 19.9. The van der Waals surface area contributed by atoms with Gasteiger partial charge >= 0.3 is 0 Å². The summed E-state index contributed by atoms with van der Waals surface area (Å²) in [7, 11) is 0. The Bertz CT molecular complexity index is 791. The highest BCUT2D eigenvalue weighted by Crippen LogP contribution is 2.33. The predicted molar refractivity (Wildman–Crippen MR) is 161 cm³/mol. The average molecular weight is 531 g/mol. The molecule has 0 spiro atoms. The largest absolute Gasteiger partial charge is 0.392 e. The van der Waals surface area contributed by atoms with Crippen molar-refractivity contribution in [3.05, 3.63) is 66.8 Å². The Labute approximate surface area is 232 Å². The number of aliphatic hydroxyl groups is 1. The maximum atomic E-state index is 11.5. The zero-order valence-electron chi connectivity index (χ0n) is 24.1. The minimum atomic E-state index is -0.590. The molecule has 0 amide bonds.